The number of anilines is 2. The van der Waals surface area contributed by atoms with E-state index in [1.807, 2.05) is 6.92 Å². The summed E-state index contributed by atoms with van der Waals surface area (Å²) < 4.78 is 6.98. The minimum Gasteiger partial charge on any atom is -0.481 e. The number of amides is 1. The molecule has 3 N–H and O–H groups in total. The number of hydrogen-bond donors (Lipinski definition) is 2. The Kier molecular flexibility index (Phi) is 6.96. The minimum atomic E-state index is -0.718. The summed E-state index contributed by atoms with van der Waals surface area (Å²) in [6.45, 7) is 3.84. The molecule has 9 nitrogen and oxygen atoms in total. The molecule has 0 fully saturated rings. The van der Waals surface area contributed by atoms with Crippen molar-refractivity contribution < 1.29 is 9.53 Å². The van der Waals surface area contributed by atoms with E-state index in [1.165, 1.54) is 9.47 Å². The molecule has 1 amide bonds. The predicted molar refractivity (Wildman–Crippen MR) is 121 cm³/mol. The van der Waals surface area contributed by atoms with Crippen molar-refractivity contribution in [3.8, 4) is 5.75 Å². The first-order valence-corrected chi connectivity index (χ1v) is 10.4. The normalized spacial score (nSPS) is 10.9. The number of hydrogen-bond acceptors (Lipinski definition) is 6. The van der Waals surface area contributed by atoms with Gasteiger partial charge in [0.05, 0.1) is 5.02 Å². The Balaban J connectivity index is 1.89. The number of unbranched alkanes of at least 4 members (excludes halogenated alkanes) is 1. The second kappa shape index (κ2) is 9.65. The van der Waals surface area contributed by atoms with Gasteiger partial charge in [0.2, 0.25) is 0 Å². The number of ether oxygens (including phenoxy) is 1. The SMILES string of the molecule is CCCCn1c(N)c(N(CC)C(=O)COc2ccc(Cl)c3cccnc23)c(=O)[nH]c1=O. The molecule has 0 aliphatic carbocycles. The first-order valence-electron chi connectivity index (χ1n) is 9.98. The van der Waals surface area contributed by atoms with E-state index >= 15 is 0 Å². The Hall–Kier alpha value is -3.33. The number of benzene rings is 1. The van der Waals surface area contributed by atoms with Gasteiger partial charge >= 0.3 is 5.69 Å². The first-order chi connectivity index (χ1) is 14.9. The van der Waals surface area contributed by atoms with Crippen LogP contribution in [0.2, 0.25) is 5.02 Å². The third kappa shape index (κ3) is 4.56. The van der Waals surface area contributed by atoms with Gasteiger partial charge in [-0.1, -0.05) is 24.9 Å². The van der Waals surface area contributed by atoms with Gasteiger partial charge in [0.25, 0.3) is 11.5 Å². The highest BCUT2D eigenvalue weighted by Crippen LogP contribution is 2.29. The smallest absolute Gasteiger partial charge is 0.330 e. The summed E-state index contributed by atoms with van der Waals surface area (Å²) in [5.74, 6) is -0.144. The van der Waals surface area contributed by atoms with Gasteiger partial charge in [-0.05, 0) is 37.6 Å². The maximum atomic E-state index is 12.9. The molecule has 10 heteroatoms. The molecule has 0 atom stereocenters. The molecule has 2 heterocycles. The lowest BCUT2D eigenvalue weighted by molar-refractivity contribution is -0.120. The number of carbonyl (C=O) groups excluding carboxylic acids is 1. The number of nitrogens with two attached hydrogens (primary N) is 1. The summed E-state index contributed by atoms with van der Waals surface area (Å²) in [5, 5.41) is 1.22. The largest absolute Gasteiger partial charge is 0.481 e. The number of nitrogens with zero attached hydrogens (tertiary/aromatic N) is 3. The summed E-state index contributed by atoms with van der Waals surface area (Å²) in [6.07, 6.45) is 3.15. The molecular weight excluding hydrogens is 422 g/mol. The van der Waals surface area contributed by atoms with Crippen LogP contribution in [0.1, 0.15) is 26.7 Å². The van der Waals surface area contributed by atoms with Gasteiger partial charge in [-0.25, -0.2) is 4.79 Å². The number of nitrogen functional groups attached to an aromatic ring is 1. The Labute approximate surface area is 183 Å². The van der Waals surface area contributed by atoms with Crippen molar-refractivity contribution in [1.29, 1.82) is 0 Å². The van der Waals surface area contributed by atoms with Gasteiger partial charge in [0, 0.05) is 24.7 Å². The average Bonchev–Trinajstić information content (AvgIpc) is 2.76. The van der Waals surface area contributed by atoms with Gasteiger partial charge in [-0.3, -0.25) is 24.1 Å². The zero-order valence-electron chi connectivity index (χ0n) is 17.4. The molecule has 0 saturated carbocycles. The first kappa shape index (κ1) is 22.4. The molecule has 0 bridgehead atoms. The van der Waals surface area contributed by atoms with Gasteiger partial charge in [0.15, 0.2) is 12.3 Å². The number of aromatic amines is 1. The van der Waals surface area contributed by atoms with Crippen LogP contribution in [0.4, 0.5) is 11.5 Å². The van der Waals surface area contributed by atoms with Crippen molar-refractivity contribution in [2.75, 3.05) is 23.8 Å². The number of nitrogens with one attached hydrogen (secondary N) is 1. The van der Waals surface area contributed by atoms with E-state index in [2.05, 4.69) is 9.97 Å². The van der Waals surface area contributed by atoms with Crippen LogP contribution in [0.5, 0.6) is 5.75 Å². The molecule has 31 heavy (non-hydrogen) atoms. The molecule has 0 aliphatic heterocycles. The third-order valence-electron chi connectivity index (χ3n) is 4.87. The molecule has 164 valence electrons. The molecular formula is C21H24ClN5O4. The van der Waals surface area contributed by atoms with Crippen LogP contribution in [0.25, 0.3) is 10.9 Å². The van der Waals surface area contributed by atoms with Crippen molar-refractivity contribution in [2.45, 2.75) is 33.2 Å². The van der Waals surface area contributed by atoms with E-state index in [0.29, 0.717) is 34.6 Å². The van der Waals surface area contributed by atoms with E-state index in [-0.39, 0.29) is 24.7 Å². The number of fused-ring (bicyclic) bond motifs is 1. The predicted octanol–water partition coefficient (Wildman–Crippen LogP) is 2.55. The molecule has 3 rings (SSSR count). The topological polar surface area (TPSA) is 123 Å². The van der Waals surface area contributed by atoms with E-state index < -0.39 is 17.2 Å². The van der Waals surface area contributed by atoms with E-state index in [4.69, 9.17) is 22.1 Å². The van der Waals surface area contributed by atoms with Crippen LogP contribution < -0.4 is 26.6 Å². The fraction of sp³-hybridized carbons (Fsp3) is 0.333. The number of carbonyl (C=O) groups is 1. The Morgan fingerprint density at radius 2 is 2.06 bits per heavy atom. The zero-order valence-corrected chi connectivity index (χ0v) is 18.1. The quantitative estimate of drug-likeness (QED) is 0.549. The molecule has 0 spiro atoms. The number of likely N-dealkylation sites (N-methyl/N-ethyl adjacent to an activating group) is 1. The zero-order chi connectivity index (χ0) is 22.5. The van der Waals surface area contributed by atoms with Gasteiger partial charge in [0.1, 0.15) is 17.1 Å². The summed E-state index contributed by atoms with van der Waals surface area (Å²) in [4.78, 5) is 45.3. The van der Waals surface area contributed by atoms with Crippen molar-refractivity contribution in [2.24, 2.45) is 0 Å². The highest BCUT2D eigenvalue weighted by Gasteiger charge is 2.23. The van der Waals surface area contributed by atoms with E-state index in [1.54, 1.807) is 37.4 Å². The Morgan fingerprint density at radius 1 is 1.29 bits per heavy atom. The van der Waals surface area contributed by atoms with Crippen LogP contribution in [0.3, 0.4) is 0 Å². The molecule has 1 aromatic carbocycles. The number of halogens is 1. The van der Waals surface area contributed by atoms with Crippen molar-refractivity contribution in [1.82, 2.24) is 14.5 Å². The second-order valence-electron chi connectivity index (χ2n) is 6.87. The molecule has 0 aliphatic rings. The van der Waals surface area contributed by atoms with Crippen LogP contribution >= 0.6 is 11.6 Å². The third-order valence-corrected chi connectivity index (χ3v) is 5.20. The number of rotatable bonds is 8. The van der Waals surface area contributed by atoms with Crippen molar-refractivity contribution >= 4 is 39.9 Å². The van der Waals surface area contributed by atoms with Gasteiger partial charge in [-0.2, -0.15) is 0 Å². The molecule has 0 unspecified atom stereocenters. The Morgan fingerprint density at radius 3 is 2.77 bits per heavy atom. The standard InChI is InChI=1S/C21H24ClN5O4/c1-3-5-11-27-19(23)18(20(29)25-21(27)30)26(4-2)16(28)12-31-15-9-8-14(22)13-7-6-10-24-17(13)15/h6-10H,3-5,11-12,23H2,1-2H3,(H,25,29,30). The molecule has 0 saturated heterocycles. The average molecular weight is 446 g/mol. The lowest BCUT2D eigenvalue weighted by Crippen LogP contribution is -2.42. The van der Waals surface area contributed by atoms with Crippen LogP contribution in [0.15, 0.2) is 40.1 Å². The van der Waals surface area contributed by atoms with Gasteiger partial charge in [-0.15, -0.1) is 0 Å². The highest BCUT2D eigenvalue weighted by molar-refractivity contribution is 6.35. The van der Waals surface area contributed by atoms with E-state index in [0.717, 1.165) is 6.42 Å². The van der Waals surface area contributed by atoms with E-state index in [9.17, 15) is 14.4 Å². The van der Waals surface area contributed by atoms with Gasteiger partial charge < -0.3 is 15.4 Å². The fourth-order valence-corrected chi connectivity index (χ4v) is 3.50. The highest BCUT2D eigenvalue weighted by atomic mass is 35.5. The molecule has 3 aromatic rings. The molecule has 0 radical (unpaired) electrons. The maximum Gasteiger partial charge on any atom is 0.330 e. The number of H-pyrrole nitrogens is 1. The summed E-state index contributed by atoms with van der Waals surface area (Å²) in [6, 6.07) is 6.85. The summed E-state index contributed by atoms with van der Waals surface area (Å²) >= 11 is 6.19. The second-order valence-corrected chi connectivity index (χ2v) is 7.28. The Bertz CT molecular complexity index is 1220. The van der Waals surface area contributed by atoms with Crippen LogP contribution in [-0.4, -0.2) is 33.6 Å². The maximum absolute atomic E-state index is 12.9. The fourth-order valence-electron chi connectivity index (χ4n) is 3.28. The van der Waals surface area contributed by atoms with Crippen LogP contribution in [-0.2, 0) is 11.3 Å². The monoisotopic (exact) mass is 445 g/mol. The lowest BCUT2D eigenvalue weighted by Gasteiger charge is -2.23. The minimum absolute atomic E-state index is 0.0454. The number of pyridine rings is 1. The van der Waals surface area contributed by atoms with Crippen LogP contribution in [0, 0.1) is 0 Å². The lowest BCUT2D eigenvalue weighted by atomic mass is 10.2. The summed E-state index contributed by atoms with van der Waals surface area (Å²) in [7, 11) is 0. The van der Waals surface area contributed by atoms with Crippen molar-refractivity contribution in [3.63, 3.8) is 0 Å². The summed E-state index contributed by atoms with van der Waals surface area (Å²) in [5.41, 5.74) is 5.26. The van der Waals surface area contributed by atoms with Crippen molar-refractivity contribution in [3.05, 3.63) is 56.3 Å². The number of aromatic nitrogens is 3. The molecule has 2 aromatic heterocycles.